The first kappa shape index (κ1) is 22.8. The molecule has 3 nitrogen and oxygen atoms in total. The van der Waals surface area contributed by atoms with Gasteiger partial charge in [-0.1, -0.05) is 38.9 Å². The quantitative estimate of drug-likeness (QED) is 0.454. The van der Waals surface area contributed by atoms with Crippen molar-refractivity contribution in [2.45, 2.75) is 85.7 Å². The summed E-state index contributed by atoms with van der Waals surface area (Å²) < 4.78 is 2.63. The number of halogens is 1. The van der Waals surface area contributed by atoms with E-state index in [1.54, 1.807) is 0 Å². The molecule has 6 heteroatoms. The molecule has 1 heterocycles. The molecule has 0 aromatic rings. The van der Waals surface area contributed by atoms with Gasteiger partial charge in [-0.25, -0.2) is 0 Å². The average molecular weight is 394 g/mol. The molecule has 1 aliphatic heterocycles. The van der Waals surface area contributed by atoms with Crippen molar-refractivity contribution >= 4 is 31.8 Å². The van der Waals surface area contributed by atoms with Gasteiger partial charge in [-0.2, -0.15) is 0 Å². The van der Waals surface area contributed by atoms with Gasteiger partial charge in [0.1, 0.15) is 7.11 Å². The van der Waals surface area contributed by atoms with E-state index in [4.69, 9.17) is 11.2 Å². The summed E-state index contributed by atoms with van der Waals surface area (Å²) in [6.45, 7) is 22.6. The van der Waals surface area contributed by atoms with E-state index in [-0.39, 0.29) is 11.1 Å². The van der Waals surface area contributed by atoms with Gasteiger partial charge in [-0.05, 0) is 54.9 Å². The maximum atomic E-state index is 7.14. The molecule has 1 rings (SSSR count). The van der Waals surface area contributed by atoms with Gasteiger partial charge >= 0.3 is 0 Å². The highest BCUT2D eigenvalue weighted by molar-refractivity contribution is 8.31. The maximum absolute atomic E-state index is 7.14. The Balaban J connectivity index is 3.23. The molecule has 0 saturated carbocycles. The molecule has 0 aromatic carbocycles. The van der Waals surface area contributed by atoms with Crippen molar-refractivity contribution in [2.24, 2.45) is 0 Å². The third kappa shape index (κ3) is 5.38. The van der Waals surface area contributed by atoms with E-state index in [2.05, 4.69) is 69.9 Å². The molecule has 0 aliphatic carbocycles. The molecule has 1 saturated heterocycles. The van der Waals surface area contributed by atoms with Crippen LogP contribution in [0.15, 0.2) is 0 Å². The molecule has 0 radical (unpaired) electrons. The zero-order valence-corrected chi connectivity index (χ0v) is 19.6. The first-order valence-electron chi connectivity index (χ1n) is 9.49. The molecule has 1 unspecified atom stereocenters. The minimum absolute atomic E-state index is 0.180. The molecule has 1 fully saturated rings. The Bertz CT molecular complexity index is 388. The van der Waals surface area contributed by atoms with E-state index >= 15 is 0 Å². The van der Waals surface area contributed by atoms with Crippen LogP contribution in [0.1, 0.15) is 74.7 Å². The topological polar surface area (TPSA) is 9.72 Å². The van der Waals surface area contributed by atoms with E-state index in [0.29, 0.717) is 0 Å². The lowest BCUT2D eigenvalue weighted by Gasteiger charge is -2.53. The predicted octanol–water partition coefficient (Wildman–Crippen LogP) is 6.21. The van der Waals surface area contributed by atoms with Crippen molar-refractivity contribution in [3.63, 3.8) is 0 Å². The smallest absolute Gasteiger partial charge is 0.120 e. The summed E-state index contributed by atoms with van der Waals surface area (Å²) in [5.41, 5.74) is 1.77. The van der Waals surface area contributed by atoms with Crippen LogP contribution in [0.2, 0.25) is 0 Å². The van der Waals surface area contributed by atoms with Crippen molar-refractivity contribution in [1.29, 1.82) is 0 Å². The zero-order valence-electron chi connectivity index (χ0n) is 17.1. The van der Waals surface area contributed by atoms with Crippen molar-refractivity contribution in [2.75, 3.05) is 26.2 Å². The lowest BCUT2D eigenvalue weighted by Crippen LogP contribution is -2.54. The molecule has 0 amide bonds. The standard InChI is InChI=1S/C18H38ClN3P2/c1-9-20(10-2)16(21(11-3)12-4)23-24(19)22-17(5,6)14-13-15-18(22,7)8/h9-15H2,1-8H3. The maximum Gasteiger partial charge on any atom is 0.120 e. The third-order valence-corrected chi connectivity index (χ3v) is 10.2. The summed E-state index contributed by atoms with van der Waals surface area (Å²) in [7, 11) is 0.540. The number of hydrogen-bond donors (Lipinski definition) is 0. The highest BCUT2D eigenvalue weighted by Gasteiger charge is 2.45. The van der Waals surface area contributed by atoms with Gasteiger partial charge < -0.3 is 0 Å². The van der Waals surface area contributed by atoms with Crippen LogP contribution in [0.3, 0.4) is 0 Å². The van der Waals surface area contributed by atoms with Crippen LogP contribution in [0, 0.1) is 0 Å². The normalized spacial score (nSPS) is 22.3. The largest absolute Gasteiger partial charge is 0.262 e. The summed E-state index contributed by atoms with van der Waals surface area (Å²) in [6, 6.07) is 0. The molecular formula is C18H38ClN3P2. The summed E-state index contributed by atoms with van der Waals surface area (Å²) in [4.78, 5) is 4.96. The van der Waals surface area contributed by atoms with Gasteiger partial charge in [-0.3, -0.25) is 14.5 Å². The van der Waals surface area contributed by atoms with Gasteiger partial charge in [0.15, 0.2) is 0 Å². The summed E-state index contributed by atoms with van der Waals surface area (Å²) >= 11 is 7.14. The fourth-order valence-corrected chi connectivity index (χ4v) is 10.8. The Hall–Kier alpha value is 0.770. The van der Waals surface area contributed by atoms with Gasteiger partial charge in [0.2, 0.25) is 0 Å². The second kappa shape index (κ2) is 9.63. The number of rotatable bonds is 8. The number of hydrogen-bond acceptors (Lipinski definition) is 1. The second-order valence-corrected chi connectivity index (χ2v) is 12.7. The Morgan fingerprint density at radius 2 is 1.29 bits per heavy atom. The highest BCUT2D eigenvalue weighted by atomic mass is 35.7. The molecule has 0 bridgehead atoms. The van der Waals surface area contributed by atoms with Crippen LogP contribution in [-0.2, 0) is 0 Å². The van der Waals surface area contributed by atoms with Crippen molar-refractivity contribution < 1.29 is 0 Å². The van der Waals surface area contributed by atoms with E-state index in [0.717, 1.165) is 26.2 Å². The van der Waals surface area contributed by atoms with Gasteiger partial charge in [0.25, 0.3) is 0 Å². The number of piperidine rings is 1. The van der Waals surface area contributed by atoms with Crippen molar-refractivity contribution in [1.82, 2.24) is 14.5 Å². The summed E-state index contributed by atoms with van der Waals surface area (Å²) in [5, 5.41) is 0. The van der Waals surface area contributed by atoms with Gasteiger partial charge in [0, 0.05) is 37.3 Å². The highest BCUT2D eigenvalue weighted by Crippen LogP contribution is 2.66. The first-order valence-corrected chi connectivity index (χ1v) is 13.3. The second-order valence-electron chi connectivity index (χ2n) is 7.78. The van der Waals surface area contributed by atoms with Gasteiger partial charge in [-0.15, -0.1) is 0 Å². The van der Waals surface area contributed by atoms with Crippen LogP contribution < -0.4 is 0 Å². The summed E-state index contributed by atoms with van der Waals surface area (Å²) in [6.07, 6.45) is 3.78. The van der Waals surface area contributed by atoms with Crippen LogP contribution >= 0.6 is 26.2 Å². The van der Waals surface area contributed by atoms with E-state index in [1.807, 2.05) is 0 Å². The molecule has 0 N–H and O–H groups in total. The van der Waals surface area contributed by atoms with Crippen molar-refractivity contribution in [3.05, 3.63) is 0 Å². The van der Waals surface area contributed by atoms with Crippen molar-refractivity contribution in [3.8, 4) is 0 Å². The minimum Gasteiger partial charge on any atom is -0.262 e. The van der Waals surface area contributed by atoms with E-state index < -0.39 is 7.11 Å². The SMILES string of the molecule is CCN(CC)C(=PP(Cl)N1C(C)(C)CCCC1(C)C)N(CC)CC. The fourth-order valence-electron chi connectivity index (χ4n) is 3.89. The molecule has 142 valence electrons. The number of nitrogens with zero attached hydrogens (tertiary/aromatic N) is 3. The molecule has 24 heavy (non-hydrogen) atoms. The van der Waals surface area contributed by atoms with Crippen LogP contribution in [0.5, 0.6) is 0 Å². The van der Waals surface area contributed by atoms with Gasteiger partial charge in [0.05, 0.1) is 5.54 Å². The molecule has 1 aliphatic rings. The van der Waals surface area contributed by atoms with Crippen LogP contribution in [0.4, 0.5) is 0 Å². The van der Waals surface area contributed by atoms with Crippen LogP contribution in [-0.4, -0.2) is 57.3 Å². The first-order chi connectivity index (χ1) is 11.1. The Kier molecular flexibility index (Phi) is 9.15. The average Bonchev–Trinajstić information content (AvgIpc) is 2.47. The Morgan fingerprint density at radius 3 is 1.62 bits per heavy atom. The van der Waals surface area contributed by atoms with E-state index in [1.165, 1.54) is 32.7 Å². The Labute approximate surface area is 158 Å². The van der Waals surface area contributed by atoms with Crippen LogP contribution in [0.25, 0.3) is 0 Å². The Morgan fingerprint density at radius 1 is 0.917 bits per heavy atom. The monoisotopic (exact) mass is 393 g/mol. The molecule has 1 atom stereocenters. The molecule has 0 spiro atoms. The summed E-state index contributed by atoms with van der Waals surface area (Å²) in [5.74, 6) is 0. The fraction of sp³-hybridized carbons (Fsp3) is 0.944. The lowest BCUT2D eigenvalue weighted by atomic mass is 9.83. The minimum atomic E-state index is -0.744. The van der Waals surface area contributed by atoms with E-state index in [9.17, 15) is 0 Å². The molecule has 0 aromatic heterocycles. The third-order valence-electron chi connectivity index (χ3n) is 5.15. The predicted molar refractivity (Wildman–Crippen MR) is 114 cm³/mol. The zero-order chi connectivity index (χ0) is 18.5. The lowest BCUT2D eigenvalue weighted by molar-refractivity contribution is 0.0643. The molecular weight excluding hydrogens is 356 g/mol.